The number of nitrogens with two attached hydrogens (primary N) is 1. The number of ether oxygens (including phenoxy) is 1. The third kappa shape index (κ3) is 2.99. The summed E-state index contributed by atoms with van der Waals surface area (Å²) >= 11 is 0. The van der Waals surface area contributed by atoms with Crippen LogP contribution in [0.5, 0.6) is 0 Å². The van der Waals surface area contributed by atoms with Gasteiger partial charge in [-0.3, -0.25) is 0 Å². The Labute approximate surface area is 118 Å². The number of nitrogen functional groups attached to an aromatic ring is 1. The van der Waals surface area contributed by atoms with Gasteiger partial charge >= 0.3 is 5.97 Å². The Balaban J connectivity index is 2.13. The highest BCUT2D eigenvalue weighted by Gasteiger charge is 2.18. The number of hydrogen-bond donors (Lipinski definition) is 1. The standard InChI is InChI=1S/C15H19N3O2/c1-3-20-15(19)13-14(16)18(10-17-13)9-11(2)12-7-5-4-6-8-12/h4-8,10-11H,3,9,16H2,1-2H3. The highest BCUT2D eigenvalue weighted by atomic mass is 16.5. The van der Waals surface area contributed by atoms with Gasteiger partial charge in [0.25, 0.3) is 0 Å². The maximum absolute atomic E-state index is 11.7. The van der Waals surface area contributed by atoms with Gasteiger partial charge in [-0.2, -0.15) is 0 Å². The van der Waals surface area contributed by atoms with Crippen LogP contribution in [-0.2, 0) is 11.3 Å². The van der Waals surface area contributed by atoms with E-state index < -0.39 is 5.97 Å². The molecule has 106 valence electrons. The summed E-state index contributed by atoms with van der Waals surface area (Å²) in [6.45, 7) is 4.84. The quantitative estimate of drug-likeness (QED) is 0.849. The molecular weight excluding hydrogens is 254 g/mol. The molecule has 0 saturated carbocycles. The summed E-state index contributed by atoms with van der Waals surface area (Å²) in [7, 11) is 0. The number of aromatic nitrogens is 2. The lowest BCUT2D eigenvalue weighted by molar-refractivity contribution is 0.0521. The highest BCUT2D eigenvalue weighted by Crippen LogP contribution is 2.20. The Morgan fingerprint density at radius 3 is 2.75 bits per heavy atom. The zero-order valence-electron chi connectivity index (χ0n) is 11.7. The summed E-state index contributed by atoms with van der Waals surface area (Å²) in [6, 6.07) is 10.1. The van der Waals surface area contributed by atoms with Gasteiger partial charge in [-0.15, -0.1) is 0 Å². The van der Waals surface area contributed by atoms with Crippen LogP contribution in [0, 0.1) is 0 Å². The smallest absolute Gasteiger partial charge is 0.360 e. The number of rotatable bonds is 5. The molecule has 2 aromatic rings. The molecule has 0 aliphatic rings. The fraction of sp³-hybridized carbons (Fsp3) is 0.333. The monoisotopic (exact) mass is 273 g/mol. The second-order valence-corrected chi connectivity index (χ2v) is 4.66. The van der Waals surface area contributed by atoms with Crippen molar-refractivity contribution < 1.29 is 9.53 Å². The van der Waals surface area contributed by atoms with Crippen LogP contribution in [0.3, 0.4) is 0 Å². The molecule has 0 saturated heterocycles. The second kappa shape index (κ2) is 6.23. The molecule has 2 rings (SSSR count). The number of carbonyl (C=O) groups is 1. The lowest BCUT2D eigenvalue weighted by atomic mass is 10.0. The van der Waals surface area contributed by atoms with E-state index in [1.807, 2.05) is 18.2 Å². The molecular formula is C15H19N3O2. The third-order valence-corrected chi connectivity index (χ3v) is 3.19. The second-order valence-electron chi connectivity index (χ2n) is 4.66. The largest absolute Gasteiger partial charge is 0.461 e. The van der Waals surface area contributed by atoms with Gasteiger partial charge in [0.15, 0.2) is 5.69 Å². The number of hydrogen-bond acceptors (Lipinski definition) is 4. The molecule has 1 aromatic heterocycles. The van der Waals surface area contributed by atoms with Crippen molar-refractivity contribution in [3.63, 3.8) is 0 Å². The minimum Gasteiger partial charge on any atom is -0.461 e. The number of imidazole rings is 1. The lowest BCUT2D eigenvalue weighted by Gasteiger charge is -2.13. The lowest BCUT2D eigenvalue weighted by Crippen LogP contribution is -2.12. The predicted octanol–water partition coefficient (Wildman–Crippen LogP) is 2.45. The van der Waals surface area contributed by atoms with Gasteiger partial charge < -0.3 is 15.0 Å². The summed E-state index contributed by atoms with van der Waals surface area (Å²) in [5.74, 6) is 0.157. The van der Waals surface area contributed by atoms with Gasteiger partial charge in [0, 0.05) is 6.54 Å². The Bertz CT molecular complexity index is 578. The zero-order chi connectivity index (χ0) is 14.5. The van der Waals surface area contributed by atoms with E-state index in [0.29, 0.717) is 19.0 Å². The van der Waals surface area contributed by atoms with Crippen LogP contribution >= 0.6 is 0 Å². The minimum atomic E-state index is -0.476. The summed E-state index contributed by atoms with van der Waals surface area (Å²) < 4.78 is 6.70. The minimum absolute atomic E-state index is 0.187. The van der Waals surface area contributed by atoms with Crippen molar-refractivity contribution >= 4 is 11.8 Å². The predicted molar refractivity (Wildman–Crippen MR) is 77.5 cm³/mol. The van der Waals surface area contributed by atoms with Gasteiger partial charge in [0.05, 0.1) is 12.9 Å². The highest BCUT2D eigenvalue weighted by molar-refractivity contribution is 5.92. The molecule has 0 fully saturated rings. The molecule has 5 heteroatoms. The molecule has 1 atom stereocenters. The van der Waals surface area contributed by atoms with Crippen molar-refractivity contribution in [2.45, 2.75) is 26.3 Å². The first-order valence-electron chi connectivity index (χ1n) is 6.66. The van der Waals surface area contributed by atoms with E-state index in [0.717, 1.165) is 0 Å². The van der Waals surface area contributed by atoms with Gasteiger partial charge in [-0.25, -0.2) is 9.78 Å². The fourth-order valence-electron chi connectivity index (χ4n) is 2.08. The van der Waals surface area contributed by atoms with E-state index in [1.165, 1.54) is 5.56 Å². The third-order valence-electron chi connectivity index (χ3n) is 3.19. The summed E-state index contributed by atoms with van der Waals surface area (Å²) in [4.78, 5) is 15.7. The van der Waals surface area contributed by atoms with Crippen LogP contribution < -0.4 is 5.73 Å². The van der Waals surface area contributed by atoms with Crippen LogP contribution in [0.15, 0.2) is 36.7 Å². The molecule has 1 heterocycles. The SMILES string of the molecule is CCOC(=O)c1ncn(CC(C)c2ccccc2)c1N. The Kier molecular flexibility index (Phi) is 4.40. The molecule has 1 unspecified atom stereocenters. The molecule has 5 nitrogen and oxygen atoms in total. The Hall–Kier alpha value is -2.30. The van der Waals surface area contributed by atoms with Crippen LogP contribution in [0.2, 0.25) is 0 Å². The summed E-state index contributed by atoms with van der Waals surface area (Å²) in [6.07, 6.45) is 1.58. The van der Waals surface area contributed by atoms with Crippen molar-refractivity contribution in [1.29, 1.82) is 0 Å². The molecule has 0 aliphatic heterocycles. The van der Waals surface area contributed by atoms with E-state index in [2.05, 4.69) is 24.0 Å². The number of esters is 1. The maximum atomic E-state index is 11.7. The van der Waals surface area contributed by atoms with Gasteiger partial charge in [0.2, 0.25) is 0 Å². The van der Waals surface area contributed by atoms with Crippen molar-refractivity contribution in [3.8, 4) is 0 Å². The van der Waals surface area contributed by atoms with Crippen molar-refractivity contribution in [2.24, 2.45) is 0 Å². The van der Waals surface area contributed by atoms with Crippen molar-refractivity contribution in [2.75, 3.05) is 12.3 Å². The van der Waals surface area contributed by atoms with E-state index in [4.69, 9.17) is 10.5 Å². The average Bonchev–Trinajstić information content (AvgIpc) is 2.81. The van der Waals surface area contributed by atoms with Crippen LogP contribution in [0.25, 0.3) is 0 Å². The molecule has 20 heavy (non-hydrogen) atoms. The molecule has 0 radical (unpaired) electrons. The first-order valence-corrected chi connectivity index (χ1v) is 6.66. The number of anilines is 1. The fourth-order valence-corrected chi connectivity index (χ4v) is 2.08. The van der Waals surface area contributed by atoms with Gasteiger partial charge in [-0.05, 0) is 18.4 Å². The van der Waals surface area contributed by atoms with Gasteiger partial charge in [-0.1, -0.05) is 37.3 Å². The van der Waals surface area contributed by atoms with Crippen molar-refractivity contribution in [3.05, 3.63) is 47.9 Å². The molecule has 0 spiro atoms. The van der Waals surface area contributed by atoms with Crippen LogP contribution in [-0.4, -0.2) is 22.1 Å². The Morgan fingerprint density at radius 2 is 2.10 bits per heavy atom. The first kappa shape index (κ1) is 14.1. The van der Waals surface area contributed by atoms with Crippen LogP contribution in [0.1, 0.15) is 35.8 Å². The van der Waals surface area contributed by atoms with E-state index in [1.54, 1.807) is 17.8 Å². The summed E-state index contributed by atoms with van der Waals surface area (Å²) in [5, 5.41) is 0. The zero-order valence-corrected chi connectivity index (χ0v) is 11.7. The van der Waals surface area contributed by atoms with E-state index >= 15 is 0 Å². The average molecular weight is 273 g/mol. The molecule has 2 N–H and O–H groups in total. The maximum Gasteiger partial charge on any atom is 0.360 e. The van der Waals surface area contributed by atoms with Crippen LogP contribution in [0.4, 0.5) is 5.82 Å². The molecule has 0 bridgehead atoms. The number of nitrogens with zero attached hydrogens (tertiary/aromatic N) is 2. The molecule has 0 amide bonds. The topological polar surface area (TPSA) is 70.1 Å². The number of benzene rings is 1. The number of carbonyl (C=O) groups excluding carboxylic acids is 1. The van der Waals surface area contributed by atoms with E-state index in [9.17, 15) is 4.79 Å². The molecule has 0 aliphatic carbocycles. The first-order chi connectivity index (χ1) is 9.63. The summed E-state index contributed by atoms with van der Waals surface area (Å²) in [5.41, 5.74) is 7.37. The van der Waals surface area contributed by atoms with Gasteiger partial charge in [0.1, 0.15) is 5.82 Å². The normalized spacial score (nSPS) is 12.1. The van der Waals surface area contributed by atoms with Crippen molar-refractivity contribution in [1.82, 2.24) is 9.55 Å². The molecule has 1 aromatic carbocycles. The van der Waals surface area contributed by atoms with E-state index in [-0.39, 0.29) is 11.6 Å². The Morgan fingerprint density at radius 1 is 1.40 bits per heavy atom.